The SMILES string of the molecule is CCOP(=O)(N=O)OCCCCCCNC(=O)CCOCCOCCNC(=O)CCN1C(=O)CC(CF)C1=O. The Morgan fingerprint density at radius 1 is 0.949 bits per heavy atom. The Labute approximate surface area is 227 Å². The van der Waals surface area contributed by atoms with Gasteiger partial charge in [0.25, 0.3) is 0 Å². The summed E-state index contributed by atoms with van der Waals surface area (Å²) in [5.41, 5.74) is 0. The van der Waals surface area contributed by atoms with Crippen LogP contribution in [0.3, 0.4) is 0 Å². The fraction of sp³-hybridized carbons (Fsp3) is 0.826. The van der Waals surface area contributed by atoms with Crippen LogP contribution in [0.15, 0.2) is 4.95 Å². The molecule has 1 saturated heterocycles. The highest BCUT2D eigenvalue weighted by atomic mass is 31.2. The number of rotatable bonds is 24. The number of alkyl halides is 1. The molecule has 0 spiro atoms. The number of nitroso groups, excluding NO2 is 1. The predicted molar refractivity (Wildman–Crippen MR) is 137 cm³/mol. The van der Waals surface area contributed by atoms with Crippen LogP contribution in [0.2, 0.25) is 0 Å². The highest BCUT2D eigenvalue weighted by Gasteiger charge is 2.38. The first-order chi connectivity index (χ1) is 18.8. The summed E-state index contributed by atoms with van der Waals surface area (Å²) in [7, 11) is -3.86. The fourth-order valence-electron chi connectivity index (χ4n) is 3.48. The molecule has 2 atom stereocenters. The van der Waals surface area contributed by atoms with Crippen LogP contribution in [0.4, 0.5) is 4.39 Å². The highest BCUT2D eigenvalue weighted by molar-refractivity contribution is 7.52. The third kappa shape index (κ3) is 15.2. The van der Waals surface area contributed by atoms with Crippen LogP contribution < -0.4 is 10.6 Å². The van der Waals surface area contributed by atoms with Crippen LogP contribution >= 0.6 is 7.75 Å². The topological polar surface area (TPSA) is 179 Å². The zero-order valence-corrected chi connectivity index (χ0v) is 23.3. The van der Waals surface area contributed by atoms with Gasteiger partial charge in [-0.05, 0) is 19.8 Å². The number of halogens is 1. The van der Waals surface area contributed by atoms with Crippen molar-refractivity contribution in [1.82, 2.24) is 15.5 Å². The van der Waals surface area contributed by atoms with Crippen LogP contribution in [0.25, 0.3) is 0 Å². The summed E-state index contributed by atoms with van der Waals surface area (Å²) in [4.78, 5) is 61.0. The molecule has 1 aliphatic heterocycles. The molecule has 1 aliphatic rings. The number of unbranched alkanes of at least 4 members (excludes halogenated alkanes) is 3. The van der Waals surface area contributed by atoms with Gasteiger partial charge in [0, 0.05) is 43.8 Å². The van der Waals surface area contributed by atoms with Gasteiger partial charge < -0.3 is 20.1 Å². The van der Waals surface area contributed by atoms with Gasteiger partial charge >= 0.3 is 7.75 Å². The minimum atomic E-state index is -3.86. The fourth-order valence-corrected chi connectivity index (χ4v) is 4.34. The molecule has 39 heavy (non-hydrogen) atoms. The van der Waals surface area contributed by atoms with E-state index in [0.29, 0.717) is 13.0 Å². The Morgan fingerprint density at radius 3 is 2.28 bits per heavy atom. The predicted octanol–water partition coefficient (Wildman–Crippen LogP) is 1.86. The molecule has 2 N–H and O–H groups in total. The van der Waals surface area contributed by atoms with Gasteiger partial charge in [0.1, 0.15) is 6.67 Å². The summed E-state index contributed by atoms with van der Waals surface area (Å²) in [6, 6.07) is 0. The summed E-state index contributed by atoms with van der Waals surface area (Å²) in [6.07, 6.45) is 2.95. The molecule has 0 aromatic rings. The molecule has 0 aromatic heterocycles. The van der Waals surface area contributed by atoms with Crippen LogP contribution in [-0.4, -0.2) is 94.5 Å². The second-order valence-corrected chi connectivity index (χ2v) is 10.2. The molecule has 0 bridgehead atoms. The zero-order chi connectivity index (χ0) is 28.9. The minimum absolute atomic E-state index is 0.0594. The van der Waals surface area contributed by atoms with E-state index in [2.05, 4.69) is 15.6 Å². The van der Waals surface area contributed by atoms with Gasteiger partial charge in [0.05, 0.1) is 45.6 Å². The number of carbonyl (C=O) groups excluding carboxylic acids is 4. The Hall–Kier alpha value is -2.32. The Balaban J connectivity index is 1.89. The van der Waals surface area contributed by atoms with Crippen LogP contribution in [0.1, 0.15) is 51.9 Å². The molecule has 2 unspecified atom stereocenters. The van der Waals surface area contributed by atoms with Crippen LogP contribution in [0.5, 0.6) is 0 Å². The summed E-state index contributed by atoms with van der Waals surface area (Å²) < 4.78 is 44.6. The lowest BCUT2D eigenvalue weighted by molar-refractivity contribution is -0.139. The van der Waals surface area contributed by atoms with Gasteiger partial charge in [-0.2, -0.15) is 0 Å². The first kappa shape index (κ1) is 34.7. The second kappa shape index (κ2) is 20.6. The third-order valence-corrected chi connectivity index (χ3v) is 6.83. The number of imide groups is 1. The number of carbonyl (C=O) groups is 4. The van der Waals surface area contributed by atoms with Crippen molar-refractivity contribution in [3.8, 4) is 0 Å². The second-order valence-electron chi connectivity index (χ2n) is 8.58. The molecule has 0 aromatic carbocycles. The Kier molecular flexibility index (Phi) is 18.3. The molecule has 0 aliphatic carbocycles. The minimum Gasteiger partial charge on any atom is -0.379 e. The van der Waals surface area contributed by atoms with Gasteiger partial charge in [-0.25, -0.2) is 4.57 Å². The van der Waals surface area contributed by atoms with E-state index in [1.54, 1.807) is 6.92 Å². The normalized spacial score (nSPS) is 16.8. The van der Waals surface area contributed by atoms with E-state index in [1.807, 2.05) is 0 Å². The number of ether oxygens (including phenoxy) is 2. The number of likely N-dealkylation sites (tertiary alicyclic amines) is 1. The van der Waals surface area contributed by atoms with Crippen LogP contribution in [-0.2, 0) is 42.3 Å². The first-order valence-electron chi connectivity index (χ1n) is 13.1. The van der Waals surface area contributed by atoms with E-state index in [0.717, 1.165) is 24.2 Å². The lowest BCUT2D eigenvalue weighted by Gasteiger charge is -2.14. The molecule has 224 valence electrons. The molecule has 14 nitrogen and oxygen atoms in total. The molecule has 1 fully saturated rings. The number of nitrogens with zero attached hydrogens (tertiary/aromatic N) is 2. The Morgan fingerprint density at radius 2 is 1.62 bits per heavy atom. The van der Waals surface area contributed by atoms with Crippen molar-refractivity contribution in [2.45, 2.75) is 51.9 Å². The average molecular weight is 583 g/mol. The van der Waals surface area contributed by atoms with Crippen LogP contribution in [0, 0.1) is 10.8 Å². The summed E-state index contributed by atoms with van der Waals surface area (Å²) in [6.45, 7) is 2.64. The zero-order valence-electron chi connectivity index (χ0n) is 22.4. The summed E-state index contributed by atoms with van der Waals surface area (Å²) >= 11 is 0. The number of amides is 4. The van der Waals surface area contributed by atoms with Crippen molar-refractivity contribution in [2.24, 2.45) is 10.9 Å². The molecule has 4 amide bonds. The monoisotopic (exact) mass is 582 g/mol. The van der Waals surface area contributed by atoms with Gasteiger partial charge in [-0.1, -0.05) is 12.8 Å². The smallest absolute Gasteiger partial charge is 0.379 e. The van der Waals surface area contributed by atoms with Crippen molar-refractivity contribution < 1.29 is 46.7 Å². The van der Waals surface area contributed by atoms with Crippen molar-refractivity contribution in [2.75, 3.05) is 66.0 Å². The number of hydrogen-bond acceptors (Lipinski definition) is 10. The lowest BCUT2D eigenvalue weighted by Crippen LogP contribution is -2.36. The van der Waals surface area contributed by atoms with Gasteiger partial charge in [-0.3, -0.25) is 37.5 Å². The van der Waals surface area contributed by atoms with E-state index in [4.69, 9.17) is 18.5 Å². The van der Waals surface area contributed by atoms with Gasteiger partial charge in [0.15, 0.2) is 0 Å². The lowest BCUT2D eigenvalue weighted by atomic mass is 10.1. The molecule has 0 saturated carbocycles. The molecular formula is C23H40FN4O10P. The summed E-state index contributed by atoms with van der Waals surface area (Å²) in [5.74, 6) is -2.44. The van der Waals surface area contributed by atoms with Crippen molar-refractivity contribution in [3.63, 3.8) is 0 Å². The van der Waals surface area contributed by atoms with E-state index >= 15 is 0 Å². The molecule has 0 radical (unpaired) electrons. The maximum absolute atomic E-state index is 12.7. The molecule has 1 heterocycles. The maximum Gasteiger partial charge on any atom is 0.489 e. The largest absolute Gasteiger partial charge is 0.489 e. The number of nitrogens with one attached hydrogen (secondary N) is 2. The first-order valence-corrected chi connectivity index (χ1v) is 14.6. The average Bonchev–Trinajstić information content (AvgIpc) is 3.20. The van der Waals surface area contributed by atoms with Crippen molar-refractivity contribution in [1.29, 1.82) is 0 Å². The van der Waals surface area contributed by atoms with E-state index in [1.165, 1.54) is 0 Å². The Bertz CT molecular complexity index is 835. The molecular weight excluding hydrogens is 542 g/mol. The number of hydrogen-bond donors (Lipinski definition) is 2. The van der Waals surface area contributed by atoms with E-state index in [9.17, 15) is 33.0 Å². The van der Waals surface area contributed by atoms with Crippen molar-refractivity contribution >= 4 is 31.4 Å². The third-order valence-electron chi connectivity index (χ3n) is 5.54. The highest BCUT2D eigenvalue weighted by Crippen LogP contribution is 2.49. The molecule has 16 heteroatoms. The van der Waals surface area contributed by atoms with E-state index < -0.39 is 32.2 Å². The van der Waals surface area contributed by atoms with Crippen molar-refractivity contribution in [3.05, 3.63) is 4.91 Å². The quantitative estimate of drug-likeness (QED) is 0.0738. The standard InChI is InChI=1S/C23H40FN4O10P/c1-2-37-39(34,27-33)38-12-6-4-3-5-9-25-21(30)8-13-35-15-16-36-14-10-26-20(29)7-11-28-22(31)17-19(18-24)23(28)32/h19H,2-18H2,1H3,(H,25,30)(H,26,29). The summed E-state index contributed by atoms with van der Waals surface area (Å²) in [5, 5.41) is 5.40. The van der Waals surface area contributed by atoms with Gasteiger partial charge in [-0.15, -0.1) is 4.91 Å². The molecule has 1 rings (SSSR count). The van der Waals surface area contributed by atoms with Gasteiger partial charge in [0.2, 0.25) is 23.6 Å². The maximum atomic E-state index is 12.7. The van der Waals surface area contributed by atoms with E-state index in [-0.39, 0.29) is 83.8 Å².